The van der Waals surface area contributed by atoms with E-state index in [9.17, 15) is 0 Å². The van der Waals surface area contributed by atoms with Crippen molar-refractivity contribution in [3.05, 3.63) is 53.3 Å². The van der Waals surface area contributed by atoms with Gasteiger partial charge in [0.25, 0.3) is 0 Å². The van der Waals surface area contributed by atoms with Gasteiger partial charge < -0.3 is 0 Å². The summed E-state index contributed by atoms with van der Waals surface area (Å²) >= 11 is 0. The molecule has 0 saturated carbocycles. The van der Waals surface area contributed by atoms with Gasteiger partial charge in [-0.25, -0.2) is 0 Å². The Morgan fingerprint density at radius 3 is 2.65 bits per heavy atom. The molecule has 4 rings (SSSR count). The van der Waals surface area contributed by atoms with Gasteiger partial charge in [0.1, 0.15) is 0 Å². The Balaban J connectivity index is 1.52. The first-order valence-electron chi connectivity index (χ1n) is 8.58. The second kappa shape index (κ2) is 5.77. The van der Waals surface area contributed by atoms with Crippen LogP contribution in [0.25, 0.3) is 0 Å². The van der Waals surface area contributed by atoms with E-state index >= 15 is 0 Å². The fourth-order valence-electron chi connectivity index (χ4n) is 4.64. The maximum atomic E-state index is 4.54. The summed E-state index contributed by atoms with van der Waals surface area (Å²) in [6.07, 6.45) is 2.04. The van der Waals surface area contributed by atoms with Gasteiger partial charge in [-0.1, -0.05) is 24.3 Å². The number of aryl methyl sites for hydroxylation is 2. The second-order valence-electron chi connectivity index (χ2n) is 7.34. The first-order valence-corrected chi connectivity index (χ1v) is 8.58. The Morgan fingerprint density at radius 2 is 1.91 bits per heavy atom. The van der Waals surface area contributed by atoms with Crippen LogP contribution in [0.5, 0.6) is 0 Å². The molecule has 1 aromatic heterocycles. The molecule has 122 valence electrons. The Hall–Kier alpha value is -1.65. The number of rotatable bonds is 3. The fraction of sp³-hybridized carbons (Fsp3) is 0.526. The number of aromatic nitrogens is 2. The SMILES string of the molecule is Cc1ccccc1[C@H]1[C@@H]2CN(Cc3ccn(C)n3)C[C@@H]2CN1C. The van der Waals surface area contributed by atoms with Gasteiger partial charge in [-0.3, -0.25) is 14.5 Å². The largest absolute Gasteiger partial charge is 0.299 e. The minimum atomic E-state index is 0.565. The van der Waals surface area contributed by atoms with Crippen molar-refractivity contribution in [3.8, 4) is 0 Å². The molecule has 0 unspecified atom stereocenters. The molecular weight excluding hydrogens is 284 g/mol. The molecule has 0 aliphatic carbocycles. The summed E-state index contributed by atoms with van der Waals surface area (Å²) in [5.74, 6) is 1.53. The van der Waals surface area contributed by atoms with Crippen LogP contribution in [0.3, 0.4) is 0 Å². The molecule has 2 aliphatic rings. The summed E-state index contributed by atoms with van der Waals surface area (Å²) in [5.41, 5.74) is 4.13. The maximum absolute atomic E-state index is 4.54. The summed E-state index contributed by atoms with van der Waals surface area (Å²) in [7, 11) is 4.28. The number of benzene rings is 1. The lowest BCUT2D eigenvalue weighted by Crippen LogP contribution is -2.29. The lowest BCUT2D eigenvalue weighted by atomic mass is 9.88. The third kappa shape index (κ3) is 2.70. The smallest absolute Gasteiger partial charge is 0.0764 e. The summed E-state index contributed by atoms with van der Waals surface area (Å²) in [6, 6.07) is 11.6. The van der Waals surface area contributed by atoms with E-state index in [1.807, 2.05) is 17.9 Å². The van der Waals surface area contributed by atoms with Gasteiger partial charge in [-0.2, -0.15) is 5.10 Å². The van der Waals surface area contributed by atoms with E-state index in [4.69, 9.17) is 0 Å². The molecule has 4 heteroatoms. The molecule has 0 amide bonds. The van der Waals surface area contributed by atoms with Crippen LogP contribution in [0.1, 0.15) is 22.9 Å². The van der Waals surface area contributed by atoms with Gasteiger partial charge in [0.05, 0.1) is 5.69 Å². The summed E-state index contributed by atoms with van der Waals surface area (Å²) in [5, 5.41) is 4.54. The monoisotopic (exact) mass is 310 g/mol. The minimum absolute atomic E-state index is 0.565. The molecule has 2 aromatic rings. The number of likely N-dealkylation sites (tertiary alicyclic amines) is 2. The van der Waals surface area contributed by atoms with Gasteiger partial charge >= 0.3 is 0 Å². The molecule has 1 aromatic carbocycles. The van der Waals surface area contributed by atoms with Crippen LogP contribution < -0.4 is 0 Å². The van der Waals surface area contributed by atoms with Gasteiger partial charge in [-0.05, 0) is 43.0 Å². The van der Waals surface area contributed by atoms with Gasteiger partial charge in [-0.15, -0.1) is 0 Å². The number of hydrogen-bond donors (Lipinski definition) is 0. The third-order valence-electron chi connectivity index (χ3n) is 5.63. The number of hydrogen-bond acceptors (Lipinski definition) is 3. The molecule has 23 heavy (non-hydrogen) atoms. The molecular formula is C19H26N4. The van der Waals surface area contributed by atoms with E-state index in [1.165, 1.54) is 36.5 Å². The molecule has 2 fully saturated rings. The quantitative estimate of drug-likeness (QED) is 0.870. The zero-order chi connectivity index (χ0) is 16.0. The topological polar surface area (TPSA) is 24.3 Å². The van der Waals surface area contributed by atoms with Crippen molar-refractivity contribution >= 4 is 0 Å². The average Bonchev–Trinajstić information content (AvgIpc) is 3.15. The summed E-state index contributed by atoms with van der Waals surface area (Å²) in [6.45, 7) is 6.83. The standard InChI is InChI=1S/C19H26N4/c1-14-6-4-5-7-17(14)19-18-13-23(11-15(18)10-21(19)2)12-16-8-9-22(3)20-16/h4-9,15,18-19H,10-13H2,1-3H3/t15-,18+,19-/m0/s1. The molecule has 2 saturated heterocycles. The highest BCUT2D eigenvalue weighted by Gasteiger charge is 2.46. The number of nitrogens with zero attached hydrogens (tertiary/aromatic N) is 4. The predicted octanol–water partition coefficient (Wildman–Crippen LogP) is 2.46. The van der Waals surface area contributed by atoms with E-state index < -0.39 is 0 Å². The Kier molecular flexibility index (Phi) is 3.74. The summed E-state index contributed by atoms with van der Waals surface area (Å²) < 4.78 is 1.90. The summed E-state index contributed by atoms with van der Waals surface area (Å²) in [4.78, 5) is 5.16. The normalized spacial score (nSPS) is 28.4. The van der Waals surface area contributed by atoms with Crippen LogP contribution in [0.15, 0.2) is 36.5 Å². The fourth-order valence-corrected chi connectivity index (χ4v) is 4.64. The van der Waals surface area contributed by atoms with Crippen molar-refractivity contribution in [1.82, 2.24) is 19.6 Å². The lowest BCUT2D eigenvalue weighted by molar-refractivity contribution is 0.222. The van der Waals surface area contributed by atoms with Crippen molar-refractivity contribution in [3.63, 3.8) is 0 Å². The van der Waals surface area contributed by atoms with Crippen LogP contribution >= 0.6 is 0 Å². The third-order valence-corrected chi connectivity index (χ3v) is 5.63. The Labute approximate surface area is 138 Å². The molecule has 4 nitrogen and oxygen atoms in total. The van der Waals surface area contributed by atoms with Crippen molar-refractivity contribution < 1.29 is 0 Å². The van der Waals surface area contributed by atoms with Crippen molar-refractivity contribution in [2.45, 2.75) is 19.5 Å². The van der Waals surface area contributed by atoms with E-state index in [0.29, 0.717) is 6.04 Å². The first kappa shape index (κ1) is 14.9. The maximum Gasteiger partial charge on any atom is 0.0764 e. The van der Waals surface area contributed by atoms with E-state index in [2.05, 4.69) is 59.2 Å². The molecule has 3 atom stereocenters. The molecule has 3 heterocycles. The van der Waals surface area contributed by atoms with Crippen LogP contribution in [0.4, 0.5) is 0 Å². The molecule has 2 aliphatic heterocycles. The van der Waals surface area contributed by atoms with Crippen LogP contribution in [0.2, 0.25) is 0 Å². The predicted molar refractivity (Wildman–Crippen MR) is 92.0 cm³/mol. The molecule has 0 N–H and O–H groups in total. The van der Waals surface area contributed by atoms with Gasteiger partial charge in [0, 0.05) is 45.5 Å². The van der Waals surface area contributed by atoms with Crippen LogP contribution in [-0.4, -0.2) is 46.3 Å². The second-order valence-corrected chi connectivity index (χ2v) is 7.34. The van der Waals surface area contributed by atoms with Crippen molar-refractivity contribution in [2.24, 2.45) is 18.9 Å². The highest BCUT2D eigenvalue weighted by molar-refractivity contribution is 5.31. The van der Waals surface area contributed by atoms with Crippen LogP contribution in [-0.2, 0) is 13.6 Å². The molecule has 0 radical (unpaired) electrons. The van der Waals surface area contributed by atoms with Crippen molar-refractivity contribution in [2.75, 3.05) is 26.7 Å². The van der Waals surface area contributed by atoms with E-state index in [0.717, 1.165) is 18.4 Å². The van der Waals surface area contributed by atoms with E-state index in [1.54, 1.807) is 0 Å². The highest BCUT2D eigenvalue weighted by Crippen LogP contribution is 2.44. The zero-order valence-corrected chi connectivity index (χ0v) is 14.3. The first-order chi connectivity index (χ1) is 11.1. The van der Waals surface area contributed by atoms with Crippen LogP contribution in [0, 0.1) is 18.8 Å². The van der Waals surface area contributed by atoms with Gasteiger partial charge in [0.2, 0.25) is 0 Å². The lowest BCUT2D eigenvalue weighted by Gasteiger charge is -2.27. The minimum Gasteiger partial charge on any atom is -0.299 e. The Bertz CT molecular complexity index is 692. The Morgan fingerprint density at radius 1 is 1.09 bits per heavy atom. The highest BCUT2D eigenvalue weighted by atomic mass is 15.3. The zero-order valence-electron chi connectivity index (χ0n) is 14.3. The molecule has 0 bridgehead atoms. The van der Waals surface area contributed by atoms with Crippen molar-refractivity contribution in [1.29, 1.82) is 0 Å². The molecule has 0 spiro atoms. The van der Waals surface area contributed by atoms with E-state index in [-0.39, 0.29) is 0 Å². The average molecular weight is 310 g/mol. The number of fused-ring (bicyclic) bond motifs is 1. The van der Waals surface area contributed by atoms with Gasteiger partial charge in [0.15, 0.2) is 0 Å².